The van der Waals surface area contributed by atoms with Gasteiger partial charge in [0.25, 0.3) is 0 Å². The highest BCUT2D eigenvalue weighted by Crippen LogP contribution is 2.50. The lowest BCUT2D eigenvalue weighted by Crippen LogP contribution is -2.44. The van der Waals surface area contributed by atoms with E-state index in [0.717, 1.165) is 25.7 Å². The Hall–Kier alpha value is -1.38. The van der Waals surface area contributed by atoms with Crippen LogP contribution in [0, 0.1) is 11.7 Å². The maximum Gasteiger partial charge on any atom is 0.170 e. The molecular weight excluding hydrogens is 231 g/mol. The number of carbonyl (C=O) groups excluding carboxylic acids is 1. The standard InChI is InChI=1S/C15H17FO2/c1-2-7-15(10-3-4-10)9-13(17)12-8-11(16)5-6-14(12)18-15/h5-6,8,10H,2-4,7,9H2,1H3. The number of Topliss-reactive ketones (excluding diaryl/α,β-unsaturated/α-hetero) is 1. The van der Waals surface area contributed by atoms with Crippen molar-refractivity contribution in [3.8, 4) is 5.75 Å². The lowest BCUT2D eigenvalue weighted by molar-refractivity contribution is 0.0170. The summed E-state index contributed by atoms with van der Waals surface area (Å²) in [7, 11) is 0. The number of halogens is 1. The molecule has 0 radical (unpaired) electrons. The van der Waals surface area contributed by atoms with Crippen LogP contribution in [0.3, 0.4) is 0 Å². The molecule has 0 bridgehead atoms. The highest BCUT2D eigenvalue weighted by molar-refractivity contribution is 6.00. The molecule has 3 rings (SSSR count). The van der Waals surface area contributed by atoms with Crippen molar-refractivity contribution in [3.63, 3.8) is 0 Å². The van der Waals surface area contributed by atoms with Crippen molar-refractivity contribution in [1.82, 2.24) is 0 Å². The maximum absolute atomic E-state index is 13.2. The Bertz CT molecular complexity index is 493. The molecule has 1 heterocycles. The first-order chi connectivity index (χ1) is 8.64. The Morgan fingerprint density at radius 2 is 2.22 bits per heavy atom. The van der Waals surface area contributed by atoms with Gasteiger partial charge < -0.3 is 4.74 Å². The average molecular weight is 248 g/mol. The van der Waals surface area contributed by atoms with Crippen molar-refractivity contribution in [2.75, 3.05) is 0 Å². The molecule has 0 aromatic heterocycles. The molecule has 0 N–H and O–H groups in total. The largest absolute Gasteiger partial charge is 0.486 e. The van der Waals surface area contributed by atoms with E-state index in [-0.39, 0.29) is 17.2 Å². The SMILES string of the molecule is CCCC1(C2CC2)CC(=O)c2cc(F)ccc2O1. The van der Waals surface area contributed by atoms with Crippen LogP contribution in [-0.2, 0) is 0 Å². The molecule has 1 unspecified atom stereocenters. The van der Waals surface area contributed by atoms with Crippen molar-refractivity contribution >= 4 is 5.78 Å². The lowest BCUT2D eigenvalue weighted by Gasteiger charge is -2.38. The predicted molar refractivity (Wildman–Crippen MR) is 66.3 cm³/mol. The Morgan fingerprint density at radius 1 is 1.44 bits per heavy atom. The van der Waals surface area contributed by atoms with Crippen LogP contribution in [0.5, 0.6) is 5.75 Å². The van der Waals surface area contributed by atoms with Gasteiger partial charge in [0.2, 0.25) is 0 Å². The van der Waals surface area contributed by atoms with E-state index in [1.165, 1.54) is 12.1 Å². The van der Waals surface area contributed by atoms with Crippen molar-refractivity contribution in [2.24, 2.45) is 5.92 Å². The van der Waals surface area contributed by atoms with E-state index in [2.05, 4.69) is 6.92 Å². The summed E-state index contributed by atoms with van der Waals surface area (Å²) < 4.78 is 19.3. The second-order valence-electron chi connectivity index (χ2n) is 5.43. The van der Waals surface area contributed by atoms with Gasteiger partial charge in [-0.3, -0.25) is 4.79 Å². The molecule has 1 saturated carbocycles. The average Bonchev–Trinajstić information content (AvgIpc) is 3.15. The van der Waals surface area contributed by atoms with Crippen molar-refractivity contribution < 1.29 is 13.9 Å². The normalized spacial score (nSPS) is 26.7. The van der Waals surface area contributed by atoms with Gasteiger partial charge in [-0.2, -0.15) is 0 Å². The van der Waals surface area contributed by atoms with Gasteiger partial charge in [0.1, 0.15) is 17.2 Å². The zero-order valence-electron chi connectivity index (χ0n) is 10.5. The Labute approximate surface area is 106 Å². The van der Waals surface area contributed by atoms with Gasteiger partial charge in [-0.1, -0.05) is 13.3 Å². The van der Waals surface area contributed by atoms with Gasteiger partial charge in [-0.15, -0.1) is 0 Å². The molecule has 96 valence electrons. The number of carbonyl (C=O) groups is 1. The summed E-state index contributed by atoms with van der Waals surface area (Å²) in [6.45, 7) is 2.11. The van der Waals surface area contributed by atoms with Crippen LogP contribution in [0.4, 0.5) is 4.39 Å². The molecule has 1 aliphatic carbocycles. The number of ether oxygens (including phenoxy) is 1. The first-order valence-corrected chi connectivity index (χ1v) is 6.66. The van der Waals surface area contributed by atoms with E-state index in [1.807, 2.05) is 0 Å². The summed E-state index contributed by atoms with van der Waals surface area (Å²) in [4.78, 5) is 12.2. The summed E-state index contributed by atoms with van der Waals surface area (Å²) in [5.74, 6) is 0.712. The number of ketones is 1. The van der Waals surface area contributed by atoms with Crippen molar-refractivity contribution in [1.29, 1.82) is 0 Å². The third kappa shape index (κ3) is 1.82. The Morgan fingerprint density at radius 3 is 2.89 bits per heavy atom. The minimum atomic E-state index is -0.375. The predicted octanol–water partition coefficient (Wildman–Crippen LogP) is 3.74. The molecule has 1 aliphatic heterocycles. The molecule has 1 atom stereocenters. The first-order valence-electron chi connectivity index (χ1n) is 6.66. The molecule has 1 aromatic rings. The monoisotopic (exact) mass is 248 g/mol. The van der Waals surface area contributed by atoms with E-state index in [0.29, 0.717) is 23.7 Å². The molecule has 0 saturated heterocycles. The summed E-state index contributed by atoms with van der Waals surface area (Å²) in [5, 5.41) is 0. The quantitative estimate of drug-likeness (QED) is 0.814. The van der Waals surface area contributed by atoms with Crippen LogP contribution >= 0.6 is 0 Å². The van der Waals surface area contributed by atoms with E-state index < -0.39 is 0 Å². The van der Waals surface area contributed by atoms with E-state index >= 15 is 0 Å². The highest BCUT2D eigenvalue weighted by atomic mass is 19.1. The Kier molecular flexibility index (Phi) is 2.65. The molecule has 2 aliphatic rings. The molecule has 0 amide bonds. The number of fused-ring (bicyclic) bond motifs is 1. The van der Waals surface area contributed by atoms with Crippen LogP contribution in [0.25, 0.3) is 0 Å². The van der Waals surface area contributed by atoms with Crippen LogP contribution in [0.1, 0.15) is 49.4 Å². The summed E-state index contributed by atoms with van der Waals surface area (Å²) in [5.41, 5.74) is 0.0822. The minimum absolute atomic E-state index is 0.0242. The van der Waals surface area contributed by atoms with Crippen LogP contribution in [0.2, 0.25) is 0 Å². The van der Waals surface area contributed by atoms with E-state index in [9.17, 15) is 9.18 Å². The minimum Gasteiger partial charge on any atom is -0.486 e. The molecule has 1 aromatic carbocycles. The third-order valence-corrected chi connectivity index (χ3v) is 4.01. The van der Waals surface area contributed by atoms with Crippen molar-refractivity contribution in [3.05, 3.63) is 29.6 Å². The fraction of sp³-hybridized carbons (Fsp3) is 0.533. The number of hydrogen-bond acceptors (Lipinski definition) is 2. The smallest absolute Gasteiger partial charge is 0.170 e. The molecule has 3 heteroatoms. The summed E-state index contributed by atoms with van der Waals surface area (Å²) in [6, 6.07) is 4.25. The van der Waals surface area contributed by atoms with E-state index in [1.54, 1.807) is 6.07 Å². The Balaban J connectivity index is 1.99. The van der Waals surface area contributed by atoms with E-state index in [4.69, 9.17) is 4.74 Å². The molecule has 18 heavy (non-hydrogen) atoms. The molecule has 0 spiro atoms. The molecular formula is C15H17FO2. The molecule has 2 nitrogen and oxygen atoms in total. The molecule has 1 fully saturated rings. The summed E-state index contributed by atoms with van der Waals surface area (Å²) in [6.07, 6.45) is 4.59. The fourth-order valence-electron chi connectivity index (χ4n) is 3.04. The number of hydrogen-bond donors (Lipinski definition) is 0. The second-order valence-corrected chi connectivity index (χ2v) is 5.43. The highest BCUT2D eigenvalue weighted by Gasteiger charge is 2.50. The first kappa shape index (κ1) is 11.7. The zero-order chi connectivity index (χ0) is 12.8. The fourth-order valence-corrected chi connectivity index (χ4v) is 3.04. The third-order valence-electron chi connectivity index (χ3n) is 4.01. The van der Waals surface area contributed by atoms with Crippen LogP contribution < -0.4 is 4.74 Å². The van der Waals surface area contributed by atoms with Gasteiger partial charge in [-0.05, 0) is 43.4 Å². The van der Waals surface area contributed by atoms with Gasteiger partial charge in [0.15, 0.2) is 5.78 Å². The summed E-state index contributed by atoms with van der Waals surface area (Å²) >= 11 is 0. The van der Waals surface area contributed by atoms with Gasteiger partial charge in [-0.25, -0.2) is 4.39 Å². The second kappa shape index (κ2) is 4.08. The van der Waals surface area contributed by atoms with Crippen LogP contribution in [0.15, 0.2) is 18.2 Å². The lowest BCUT2D eigenvalue weighted by atomic mass is 9.82. The maximum atomic E-state index is 13.2. The van der Waals surface area contributed by atoms with Crippen molar-refractivity contribution in [2.45, 2.75) is 44.6 Å². The van der Waals surface area contributed by atoms with Crippen LogP contribution in [-0.4, -0.2) is 11.4 Å². The number of benzene rings is 1. The number of rotatable bonds is 3. The van der Waals surface area contributed by atoms with Gasteiger partial charge >= 0.3 is 0 Å². The topological polar surface area (TPSA) is 26.3 Å². The van der Waals surface area contributed by atoms with Gasteiger partial charge in [0.05, 0.1) is 12.0 Å². The zero-order valence-corrected chi connectivity index (χ0v) is 10.5. The van der Waals surface area contributed by atoms with Gasteiger partial charge in [0, 0.05) is 0 Å².